The molecule has 0 bridgehead atoms. The molecule has 0 aromatic heterocycles. The molecule has 30 heavy (non-hydrogen) atoms. The lowest BCUT2D eigenvalue weighted by atomic mass is 9.53. The molecule has 1 aliphatic carbocycles. The summed E-state index contributed by atoms with van der Waals surface area (Å²) >= 11 is 0. The molecule has 0 aromatic carbocycles. The van der Waals surface area contributed by atoms with E-state index in [9.17, 15) is 29.7 Å². The molecule has 1 spiro atoms. The van der Waals surface area contributed by atoms with Gasteiger partial charge in [0.1, 0.15) is 18.3 Å². The van der Waals surface area contributed by atoms with Crippen molar-refractivity contribution in [1.29, 1.82) is 0 Å². The quantitative estimate of drug-likeness (QED) is 0.366. The Labute approximate surface area is 172 Å². The third kappa shape index (κ3) is 1.97. The van der Waals surface area contributed by atoms with Crippen molar-refractivity contribution in [3.8, 4) is 0 Å². The average molecular weight is 426 g/mol. The maximum absolute atomic E-state index is 12.7. The minimum absolute atomic E-state index is 0.205. The second-order valence-corrected chi connectivity index (χ2v) is 10.3. The van der Waals surface area contributed by atoms with E-state index in [0.717, 1.165) is 0 Å². The Bertz CT molecular complexity index is 834. The highest BCUT2D eigenvalue weighted by molar-refractivity contribution is 5.83. The first-order chi connectivity index (χ1) is 13.9. The first-order valence-electron chi connectivity index (χ1n) is 10.2. The summed E-state index contributed by atoms with van der Waals surface area (Å²) in [5.41, 5.74) is -3.53. The van der Waals surface area contributed by atoms with E-state index in [2.05, 4.69) is 0 Å². The van der Waals surface area contributed by atoms with Gasteiger partial charge in [0, 0.05) is 5.92 Å². The van der Waals surface area contributed by atoms with Crippen molar-refractivity contribution in [1.82, 2.24) is 0 Å². The van der Waals surface area contributed by atoms with Crippen molar-refractivity contribution >= 4 is 17.9 Å². The lowest BCUT2D eigenvalue weighted by molar-refractivity contribution is -0.181. The molecule has 0 radical (unpaired) electrons. The number of hydrogen-bond donors (Lipinski definition) is 3. The maximum atomic E-state index is 12.7. The highest BCUT2D eigenvalue weighted by Crippen LogP contribution is 2.76. The molecule has 166 valence electrons. The van der Waals surface area contributed by atoms with E-state index in [1.54, 1.807) is 0 Å². The fraction of sp³-hybridized carbons (Fsp3) is 0.850. The summed E-state index contributed by atoms with van der Waals surface area (Å²) in [7, 11) is 0. The number of ether oxygens (including phenoxy) is 4. The minimum Gasteiger partial charge on any atom is -0.457 e. The van der Waals surface area contributed by atoms with Gasteiger partial charge in [-0.2, -0.15) is 0 Å². The number of hydrogen-bond acceptors (Lipinski definition) is 10. The third-order valence-electron chi connectivity index (χ3n) is 7.94. The van der Waals surface area contributed by atoms with Crippen LogP contribution in [0.2, 0.25) is 0 Å². The predicted octanol–water partition coefficient (Wildman–Crippen LogP) is -1.12. The zero-order valence-electron chi connectivity index (χ0n) is 17.1. The number of carbonyl (C=O) groups is 3. The molecule has 10 heteroatoms. The van der Waals surface area contributed by atoms with Gasteiger partial charge in [-0.15, -0.1) is 0 Å². The second kappa shape index (κ2) is 5.73. The molecule has 3 N–H and O–H groups in total. The van der Waals surface area contributed by atoms with E-state index in [1.807, 2.05) is 20.8 Å². The Hall–Kier alpha value is -1.75. The largest absolute Gasteiger partial charge is 0.457 e. The van der Waals surface area contributed by atoms with Crippen LogP contribution in [0.4, 0.5) is 0 Å². The Balaban J connectivity index is 1.73. The van der Waals surface area contributed by atoms with Crippen molar-refractivity contribution in [3.63, 3.8) is 0 Å². The molecule has 6 unspecified atom stereocenters. The smallest absolute Gasteiger partial charge is 0.336 e. The molecule has 0 aromatic rings. The van der Waals surface area contributed by atoms with Gasteiger partial charge >= 0.3 is 17.9 Å². The second-order valence-electron chi connectivity index (χ2n) is 10.3. The normalized spacial score (nSPS) is 52.7. The van der Waals surface area contributed by atoms with Gasteiger partial charge in [-0.1, -0.05) is 20.8 Å². The minimum atomic E-state index is -1.63. The molecule has 10 nitrogen and oxygen atoms in total. The van der Waals surface area contributed by atoms with Gasteiger partial charge in [0.15, 0.2) is 12.2 Å². The molecule has 4 heterocycles. The van der Waals surface area contributed by atoms with Crippen LogP contribution >= 0.6 is 0 Å². The lowest BCUT2D eigenvalue weighted by Crippen LogP contribution is -2.61. The van der Waals surface area contributed by atoms with Crippen molar-refractivity contribution in [2.75, 3.05) is 0 Å². The van der Waals surface area contributed by atoms with E-state index in [1.165, 1.54) is 6.92 Å². The third-order valence-corrected chi connectivity index (χ3v) is 7.94. The predicted molar refractivity (Wildman–Crippen MR) is 94.1 cm³/mol. The molecule has 1 saturated carbocycles. The Morgan fingerprint density at radius 1 is 1.03 bits per heavy atom. The van der Waals surface area contributed by atoms with Gasteiger partial charge < -0.3 is 34.3 Å². The van der Waals surface area contributed by atoms with E-state index < -0.39 is 88.9 Å². The van der Waals surface area contributed by atoms with E-state index >= 15 is 0 Å². The lowest BCUT2D eigenvalue weighted by Gasteiger charge is -2.47. The van der Waals surface area contributed by atoms with Crippen LogP contribution in [0.1, 0.15) is 34.1 Å². The summed E-state index contributed by atoms with van der Waals surface area (Å²) in [4.78, 5) is 37.2. The van der Waals surface area contributed by atoms with Gasteiger partial charge in [-0.05, 0) is 12.3 Å². The van der Waals surface area contributed by atoms with Crippen LogP contribution in [0.25, 0.3) is 0 Å². The molecular weight excluding hydrogens is 400 g/mol. The van der Waals surface area contributed by atoms with E-state index in [-0.39, 0.29) is 6.42 Å². The van der Waals surface area contributed by atoms with Crippen molar-refractivity contribution in [2.24, 2.45) is 28.1 Å². The van der Waals surface area contributed by atoms with Gasteiger partial charge in [-0.3, -0.25) is 9.59 Å². The summed E-state index contributed by atoms with van der Waals surface area (Å²) in [5.74, 6) is -3.58. The van der Waals surface area contributed by atoms with Crippen LogP contribution in [0, 0.1) is 28.1 Å². The number of esters is 3. The molecular formula is C20H26O10. The van der Waals surface area contributed by atoms with Crippen LogP contribution in [-0.4, -0.2) is 76.1 Å². The van der Waals surface area contributed by atoms with Crippen LogP contribution in [-0.2, 0) is 33.3 Å². The van der Waals surface area contributed by atoms with Gasteiger partial charge in [0.25, 0.3) is 0 Å². The maximum Gasteiger partial charge on any atom is 0.336 e. The van der Waals surface area contributed by atoms with Gasteiger partial charge in [0.05, 0.1) is 29.3 Å². The number of aliphatic hydroxyl groups excluding tert-OH is 3. The Morgan fingerprint density at radius 3 is 2.27 bits per heavy atom. The van der Waals surface area contributed by atoms with Crippen molar-refractivity contribution in [3.05, 3.63) is 0 Å². The summed E-state index contributed by atoms with van der Waals surface area (Å²) in [6, 6.07) is 0. The van der Waals surface area contributed by atoms with E-state index in [4.69, 9.17) is 18.9 Å². The van der Waals surface area contributed by atoms with Gasteiger partial charge in [-0.25, -0.2) is 4.79 Å². The number of aliphatic hydroxyl groups is 3. The van der Waals surface area contributed by atoms with Gasteiger partial charge in [0.2, 0.25) is 6.29 Å². The zero-order chi connectivity index (χ0) is 22.0. The van der Waals surface area contributed by atoms with Crippen LogP contribution in [0.3, 0.4) is 0 Å². The van der Waals surface area contributed by atoms with Crippen LogP contribution in [0.15, 0.2) is 0 Å². The van der Waals surface area contributed by atoms with Crippen molar-refractivity contribution < 1.29 is 48.7 Å². The highest BCUT2D eigenvalue weighted by Gasteiger charge is 2.90. The summed E-state index contributed by atoms with van der Waals surface area (Å²) in [6.07, 6.45) is -9.48. The Morgan fingerprint density at radius 2 is 1.70 bits per heavy atom. The molecule has 4 aliphatic heterocycles. The molecule has 4 saturated heterocycles. The standard InChI is InChI=1S/C20H26O10/c1-6-8(22)10(28-15(6)25)12(24)20-13-9(23)11(18(2,3)4)19(20)5-7(21)27-17(19)30-14(20)16(26)29-13/h6,8-14,17,22-24H,5H2,1-4H3/t6-,8+,9+,10?,11-,12-,13?,14?,17?,19?,20?/m0/s1. The molecule has 0 amide bonds. The fourth-order valence-corrected chi connectivity index (χ4v) is 7.02. The summed E-state index contributed by atoms with van der Waals surface area (Å²) in [5, 5.41) is 33.5. The van der Waals surface area contributed by atoms with Crippen LogP contribution < -0.4 is 0 Å². The molecule has 5 rings (SSSR count). The average Bonchev–Trinajstić information content (AvgIpc) is 3.32. The summed E-state index contributed by atoms with van der Waals surface area (Å²) < 4.78 is 22.0. The first-order valence-corrected chi connectivity index (χ1v) is 10.2. The molecule has 5 aliphatic rings. The topological polar surface area (TPSA) is 149 Å². The molecule has 11 atom stereocenters. The monoisotopic (exact) mass is 426 g/mol. The SMILES string of the molecule is C[C@@H]1C(=O)OC([C@H](O)C23C4OC5OC(=O)CC52[C@H](C(C)(C)C)[C@@H](O)C3OC4=O)[C@@H]1O. The fourth-order valence-electron chi connectivity index (χ4n) is 7.02. The first kappa shape index (κ1) is 20.2. The number of carbonyl (C=O) groups excluding carboxylic acids is 3. The zero-order valence-corrected chi connectivity index (χ0v) is 17.1. The van der Waals surface area contributed by atoms with Crippen LogP contribution in [0.5, 0.6) is 0 Å². The number of cyclic esters (lactones) is 1. The Kier molecular flexibility index (Phi) is 3.85. The highest BCUT2D eigenvalue weighted by atomic mass is 16.7. The van der Waals surface area contributed by atoms with Crippen molar-refractivity contribution in [2.45, 2.75) is 77.0 Å². The molecule has 5 fully saturated rings. The summed E-state index contributed by atoms with van der Waals surface area (Å²) in [6.45, 7) is 7.09. The number of rotatable bonds is 2. The van der Waals surface area contributed by atoms with E-state index in [0.29, 0.717) is 0 Å².